The van der Waals surface area contributed by atoms with Crippen molar-refractivity contribution < 1.29 is 0 Å². The topological polar surface area (TPSA) is 25.0 Å². The van der Waals surface area contributed by atoms with Crippen LogP contribution in [0.3, 0.4) is 0 Å². The molecule has 0 saturated carbocycles. The summed E-state index contributed by atoms with van der Waals surface area (Å²) in [6, 6.07) is 135. The Kier molecular flexibility index (Phi) is 13.4. The highest BCUT2D eigenvalue weighted by Crippen LogP contribution is 2.55. The average molecular weight is 1230 g/mol. The van der Waals surface area contributed by atoms with Crippen molar-refractivity contribution in [2.45, 2.75) is 0 Å². The first-order valence-corrected chi connectivity index (χ1v) is 33.6. The van der Waals surface area contributed by atoms with Gasteiger partial charge in [-0.15, -0.1) is 0 Å². The molecule has 1 N–H and O–H groups in total. The zero-order chi connectivity index (χ0) is 63.9. The second kappa shape index (κ2) is 23.2. The lowest BCUT2D eigenvalue weighted by atomic mass is 9.30. The van der Waals surface area contributed by atoms with Crippen molar-refractivity contribution in [1.82, 2.24) is 0 Å². The molecule has 0 amide bonds. The van der Waals surface area contributed by atoms with Crippen LogP contribution in [0.4, 0.5) is 79.6 Å². The number of rotatable bonds is 11. The Balaban J connectivity index is 0.945. The van der Waals surface area contributed by atoms with Gasteiger partial charge in [0.25, 0.3) is 13.4 Å². The van der Waals surface area contributed by atoms with Crippen LogP contribution in [0.1, 0.15) is 0 Å². The number of benzene rings is 15. The van der Waals surface area contributed by atoms with Crippen LogP contribution in [-0.2, 0) is 0 Å². The zero-order valence-corrected chi connectivity index (χ0v) is 53.1. The summed E-state index contributed by atoms with van der Waals surface area (Å²) in [6.45, 7) is -0.383. The largest absolute Gasteiger partial charge is 0.356 e. The number of fused-ring (bicyclic) bond motifs is 8. The van der Waals surface area contributed by atoms with E-state index in [0.717, 1.165) is 135 Å². The van der Waals surface area contributed by atoms with E-state index in [1.807, 2.05) is 0 Å². The van der Waals surface area contributed by atoms with E-state index >= 15 is 0 Å². The third-order valence-electron chi connectivity index (χ3n) is 20.2. The summed E-state index contributed by atoms with van der Waals surface area (Å²) < 4.78 is 0. The SMILES string of the molecule is c1ccc(-c2cc3c4c(c2)N(c2c(-c5ccccc5)cccc2-c2ccccc2)c2cc5c(cc2B4c2ccccc2N3c2c(-c3ccccc3)cccc2-c2ccccc2)B2c3ccccc3N(c3ccccc3)c3cc(N(c4ccccc4)c4ccccc4)cc(c32)N5)cc1. The molecule has 0 aromatic heterocycles. The number of hydrogen-bond acceptors (Lipinski definition) is 5. The van der Waals surface area contributed by atoms with Crippen molar-refractivity contribution in [3.8, 4) is 55.6 Å². The second-order valence-electron chi connectivity index (χ2n) is 25.5. The summed E-state index contributed by atoms with van der Waals surface area (Å²) in [5.41, 5.74) is 34.3. The summed E-state index contributed by atoms with van der Waals surface area (Å²) in [5, 5.41) is 4.32. The molecule has 0 fully saturated rings. The van der Waals surface area contributed by atoms with Crippen LogP contribution in [0.15, 0.2) is 364 Å². The average Bonchev–Trinajstić information content (AvgIpc) is 0.694. The van der Waals surface area contributed by atoms with Crippen LogP contribution < -0.4 is 57.7 Å². The second-order valence-corrected chi connectivity index (χ2v) is 25.5. The summed E-state index contributed by atoms with van der Waals surface area (Å²) in [7, 11) is 0. The lowest BCUT2D eigenvalue weighted by Gasteiger charge is -2.47. The quantitative estimate of drug-likeness (QED) is 0.130. The summed E-state index contributed by atoms with van der Waals surface area (Å²) >= 11 is 0. The zero-order valence-electron chi connectivity index (χ0n) is 53.1. The molecule has 452 valence electrons. The van der Waals surface area contributed by atoms with E-state index in [2.05, 4.69) is 389 Å². The summed E-state index contributed by atoms with van der Waals surface area (Å²) in [5.74, 6) is 0. The standard InChI is InChI=1S/C90H61B2N5/c1-9-31-61(32-10-1)66-55-84-88-85(56-66)97(90-73(64-37-15-4-16-38-64)49-30-50-74(90)65-39-17-5-18-40-65)83-60-79-77(59-78(83)92(88)76-52-26-28-54-82(76)96(84)89-71(62-33-11-2-12-34-62)47-29-48-72(89)63-35-13-3-14-36-63)91-75-51-25-27-53-81(75)95(69-45-23-8-24-46-69)86-58-70(57-80(93-79)87(86)91)94(67-41-19-6-20-42-67)68-43-21-7-22-44-68/h1-60,93H. The van der Waals surface area contributed by atoms with E-state index in [1.165, 1.54) is 32.8 Å². The lowest BCUT2D eigenvalue weighted by Crippen LogP contribution is -2.64. The first kappa shape index (κ1) is 56.0. The van der Waals surface area contributed by atoms with Gasteiger partial charge in [0.2, 0.25) is 0 Å². The van der Waals surface area contributed by atoms with Crippen molar-refractivity contribution in [3.05, 3.63) is 364 Å². The van der Waals surface area contributed by atoms with Crippen molar-refractivity contribution in [2.24, 2.45) is 0 Å². The molecule has 4 aliphatic rings. The minimum absolute atomic E-state index is 0.161. The summed E-state index contributed by atoms with van der Waals surface area (Å²) in [4.78, 5) is 10.2. The fourth-order valence-electron chi connectivity index (χ4n) is 16.1. The van der Waals surface area contributed by atoms with Crippen LogP contribution in [-0.4, -0.2) is 13.4 Å². The van der Waals surface area contributed by atoms with Crippen molar-refractivity contribution in [3.63, 3.8) is 0 Å². The van der Waals surface area contributed by atoms with Crippen LogP contribution >= 0.6 is 0 Å². The van der Waals surface area contributed by atoms with E-state index in [9.17, 15) is 0 Å². The van der Waals surface area contributed by atoms with E-state index in [0.29, 0.717) is 0 Å². The molecule has 4 aliphatic heterocycles. The van der Waals surface area contributed by atoms with Crippen LogP contribution in [0.2, 0.25) is 0 Å². The van der Waals surface area contributed by atoms with Gasteiger partial charge in [0, 0.05) is 84.8 Å². The Bertz CT molecular complexity index is 5350. The Labute approximate surface area is 566 Å². The van der Waals surface area contributed by atoms with Crippen molar-refractivity contribution in [1.29, 1.82) is 0 Å². The lowest BCUT2D eigenvalue weighted by molar-refractivity contribution is 1.25. The van der Waals surface area contributed by atoms with E-state index < -0.39 is 0 Å². The highest BCUT2D eigenvalue weighted by atomic mass is 15.2. The van der Waals surface area contributed by atoms with Gasteiger partial charge in [0.15, 0.2) is 0 Å². The maximum Gasteiger partial charge on any atom is 0.252 e. The molecular formula is C90H61B2N5. The highest BCUT2D eigenvalue weighted by molar-refractivity contribution is 7.03. The van der Waals surface area contributed by atoms with Crippen LogP contribution in [0.25, 0.3) is 55.6 Å². The van der Waals surface area contributed by atoms with Gasteiger partial charge < -0.3 is 24.9 Å². The molecule has 0 saturated heterocycles. The Morgan fingerprint density at radius 2 is 0.608 bits per heavy atom. The minimum atomic E-state index is -0.222. The molecule has 0 bridgehead atoms. The van der Waals surface area contributed by atoms with Gasteiger partial charge in [-0.1, -0.05) is 285 Å². The van der Waals surface area contributed by atoms with Crippen LogP contribution in [0, 0.1) is 0 Å². The van der Waals surface area contributed by atoms with Gasteiger partial charge in [0.05, 0.1) is 17.1 Å². The molecule has 15 aromatic carbocycles. The number of nitrogens with one attached hydrogen (secondary N) is 1. The fourth-order valence-corrected chi connectivity index (χ4v) is 16.1. The third-order valence-corrected chi connectivity index (χ3v) is 20.2. The van der Waals surface area contributed by atoms with Crippen molar-refractivity contribution in [2.75, 3.05) is 24.9 Å². The molecule has 0 unspecified atom stereocenters. The van der Waals surface area contributed by atoms with E-state index in [1.54, 1.807) is 0 Å². The summed E-state index contributed by atoms with van der Waals surface area (Å²) in [6.07, 6.45) is 0. The molecular weight excluding hydrogens is 1170 g/mol. The number of para-hydroxylation sites is 7. The first-order valence-electron chi connectivity index (χ1n) is 33.6. The number of hydrogen-bond donors (Lipinski definition) is 1. The van der Waals surface area contributed by atoms with E-state index in [-0.39, 0.29) is 13.4 Å². The third kappa shape index (κ3) is 9.18. The molecule has 0 radical (unpaired) electrons. The molecule has 97 heavy (non-hydrogen) atoms. The number of anilines is 14. The van der Waals surface area contributed by atoms with Gasteiger partial charge in [0.1, 0.15) is 0 Å². The van der Waals surface area contributed by atoms with Crippen molar-refractivity contribution >= 4 is 126 Å². The monoisotopic (exact) mass is 1230 g/mol. The van der Waals surface area contributed by atoms with Crippen LogP contribution in [0.5, 0.6) is 0 Å². The number of nitrogens with zero attached hydrogens (tertiary/aromatic N) is 4. The molecule has 7 heteroatoms. The molecule has 0 spiro atoms. The molecule has 0 aliphatic carbocycles. The van der Waals surface area contributed by atoms with Gasteiger partial charge in [-0.25, -0.2) is 0 Å². The van der Waals surface area contributed by atoms with Gasteiger partial charge in [-0.2, -0.15) is 0 Å². The predicted octanol–water partition coefficient (Wildman–Crippen LogP) is 19.9. The molecule has 5 nitrogen and oxygen atoms in total. The van der Waals surface area contributed by atoms with Gasteiger partial charge >= 0.3 is 0 Å². The minimum Gasteiger partial charge on any atom is -0.356 e. The molecule has 15 aromatic rings. The maximum atomic E-state index is 4.32. The van der Waals surface area contributed by atoms with Gasteiger partial charge in [-0.05, 0) is 145 Å². The molecule has 4 heterocycles. The Morgan fingerprint density at radius 3 is 1.08 bits per heavy atom. The first-order chi connectivity index (χ1) is 48.2. The predicted molar refractivity (Wildman–Crippen MR) is 411 cm³/mol. The fraction of sp³-hybridized carbons (Fsp3) is 0. The highest BCUT2D eigenvalue weighted by Gasteiger charge is 2.48. The Morgan fingerprint density at radius 1 is 0.227 bits per heavy atom. The van der Waals surface area contributed by atoms with E-state index in [4.69, 9.17) is 0 Å². The molecule has 0 atom stereocenters. The maximum absolute atomic E-state index is 4.32. The normalized spacial score (nSPS) is 12.7. The molecule has 19 rings (SSSR count). The smallest absolute Gasteiger partial charge is 0.252 e. The Hall–Kier alpha value is -12.6. The van der Waals surface area contributed by atoms with Gasteiger partial charge in [-0.3, -0.25) is 0 Å².